The summed E-state index contributed by atoms with van der Waals surface area (Å²) in [5, 5.41) is 17.6. The average Bonchev–Trinajstić information content (AvgIpc) is 2.36. The zero-order valence-corrected chi connectivity index (χ0v) is 12.6. The molecule has 0 aliphatic carbocycles. The van der Waals surface area contributed by atoms with Crippen molar-refractivity contribution in [2.45, 2.75) is 11.1 Å². The smallest absolute Gasteiger partial charge is 0.335 e. The van der Waals surface area contributed by atoms with Crippen LogP contribution in [0.4, 0.5) is 0 Å². The fourth-order valence-electron chi connectivity index (χ4n) is 1.70. The number of rotatable bonds is 3. The lowest BCUT2D eigenvalue weighted by Crippen LogP contribution is -2.56. The van der Waals surface area contributed by atoms with E-state index < -0.39 is 27.1 Å². The largest absolute Gasteiger partial charge is 0.478 e. The van der Waals surface area contributed by atoms with Crippen molar-refractivity contribution in [3.05, 3.63) is 29.3 Å². The van der Waals surface area contributed by atoms with E-state index in [1.165, 1.54) is 6.07 Å². The lowest BCUT2D eigenvalue weighted by atomic mass is 10.1. The first kappa shape index (κ1) is 15.6. The summed E-state index contributed by atoms with van der Waals surface area (Å²) >= 11 is 9.83. The van der Waals surface area contributed by atoms with Crippen LogP contribution in [0.25, 0.3) is 0 Å². The van der Waals surface area contributed by atoms with E-state index in [1.54, 1.807) is 0 Å². The van der Waals surface area contributed by atoms with Gasteiger partial charge < -0.3 is 21.1 Å². The quantitative estimate of drug-likeness (QED) is 0.376. The minimum absolute atomic E-state index is 0.206. The lowest BCUT2D eigenvalue weighted by Gasteiger charge is -2.29. The van der Waals surface area contributed by atoms with Gasteiger partial charge in [-0.3, -0.25) is 4.55 Å². The molecule has 0 amide bonds. The Bertz CT molecular complexity index is 730. The molecule has 5 N–H and O–H groups in total. The number of thiocarbonyl (C=S) groups is 2. The molecule has 1 aliphatic rings. The monoisotopic (exact) mass is 347 g/mol. The summed E-state index contributed by atoms with van der Waals surface area (Å²) in [6.45, 7) is 0. The first-order valence-electron chi connectivity index (χ1n) is 5.40. The van der Waals surface area contributed by atoms with Crippen LogP contribution in [0, 0.1) is 0 Å². The van der Waals surface area contributed by atoms with Crippen LogP contribution in [0.2, 0.25) is 0 Å². The van der Waals surface area contributed by atoms with Crippen LogP contribution in [-0.2, 0) is 10.1 Å². The number of carbonyl (C=O) groups is 1. The Morgan fingerprint density at radius 3 is 2.19 bits per heavy atom. The molecule has 1 aromatic carbocycles. The summed E-state index contributed by atoms with van der Waals surface area (Å²) in [5.74, 6) is -1.33. The maximum atomic E-state index is 11.2. The Balaban J connectivity index is 2.52. The van der Waals surface area contributed by atoms with E-state index in [4.69, 9.17) is 34.1 Å². The minimum atomic E-state index is -4.55. The summed E-state index contributed by atoms with van der Waals surface area (Å²) in [5.41, 5.74) is -0.0483. The van der Waals surface area contributed by atoms with Crippen LogP contribution in [0.15, 0.2) is 23.1 Å². The third kappa shape index (κ3) is 3.64. The third-order valence-corrected chi connectivity index (χ3v) is 3.86. The van der Waals surface area contributed by atoms with Gasteiger partial charge in [-0.05, 0) is 48.2 Å². The highest BCUT2D eigenvalue weighted by atomic mass is 32.2. The van der Waals surface area contributed by atoms with Gasteiger partial charge in [0.1, 0.15) is 6.17 Å². The van der Waals surface area contributed by atoms with E-state index in [0.717, 1.165) is 12.1 Å². The second-order valence-electron chi connectivity index (χ2n) is 4.08. The number of nitrogens with one attached hydrogen (secondary N) is 3. The van der Waals surface area contributed by atoms with Crippen molar-refractivity contribution in [1.82, 2.24) is 16.0 Å². The van der Waals surface area contributed by atoms with Crippen LogP contribution in [0.3, 0.4) is 0 Å². The van der Waals surface area contributed by atoms with Gasteiger partial charge in [-0.25, -0.2) is 4.79 Å². The molecular weight excluding hydrogens is 338 g/mol. The van der Waals surface area contributed by atoms with E-state index >= 15 is 0 Å². The number of hydrogen-bond donors (Lipinski definition) is 5. The highest BCUT2D eigenvalue weighted by Gasteiger charge is 2.23. The molecule has 112 valence electrons. The molecular formula is C10H9N3O5S3. The van der Waals surface area contributed by atoms with Crippen LogP contribution in [0.5, 0.6) is 0 Å². The summed E-state index contributed by atoms with van der Waals surface area (Å²) < 4.78 is 31.6. The molecule has 1 aromatic rings. The second kappa shape index (κ2) is 5.52. The average molecular weight is 347 g/mol. The predicted molar refractivity (Wildman–Crippen MR) is 80.6 cm³/mol. The number of hydrogen-bond acceptors (Lipinski definition) is 5. The van der Waals surface area contributed by atoms with Gasteiger partial charge in [-0.15, -0.1) is 0 Å². The fraction of sp³-hybridized carbons (Fsp3) is 0.100. The van der Waals surface area contributed by atoms with Crippen molar-refractivity contribution >= 4 is 50.7 Å². The summed E-state index contributed by atoms with van der Waals surface area (Å²) in [6.07, 6.45) is -0.717. The van der Waals surface area contributed by atoms with Gasteiger partial charge in [-0.1, -0.05) is 0 Å². The zero-order valence-electron chi connectivity index (χ0n) is 10.2. The van der Waals surface area contributed by atoms with Crippen LogP contribution in [0.1, 0.15) is 22.1 Å². The molecule has 0 unspecified atom stereocenters. The van der Waals surface area contributed by atoms with Crippen molar-refractivity contribution in [2.24, 2.45) is 0 Å². The maximum Gasteiger partial charge on any atom is 0.335 e. The van der Waals surface area contributed by atoms with Gasteiger partial charge in [0.05, 0.1) is 10.5 Å². The topological polar surface area (TPSA) is 128 Å². The molecule has 1 aliphatic heterocycles. The molecule has 2 rings (SSSR count). The van der Waals surface area contributed by atoms with Crippen molar-refractivity contribution < 1.29 is 22.9 Å². The molecule has 1 heterocycles. The number of benzene rings is 1. The number of carboxylic acids is 1. The molecule has 21 heavy (non-hydrogen) atoms. The molecule has 8 nitrogen and oxygen atoms in total. The van der Waals surface area contributed by atoms with Crippen molar-refractivity contribution in [3.63, 3.8) is 0 Å². The standard InChI is InChI=1S/C10H9N3O5S3/c14-8(15)5-1-4(2-6(3-5)21(16,17)18)7-11-9(19)13-10(20)12-7/h1-3,7H,(H,14,15)(H,16,17,18)(H3,11,12,13,19,20). The summed E-state index contributed by atoms with van der Waals surface area (Å²) in [4.78, 5) is 10.5. The van der Waals surface area contributed by atoms with Gasteiger partial charge in [0.25, 0.3) is 10.1 Å². The van der Waals surface area contributed by atoms with Crippen LogP contribution in [-0.4, -0.2) is 34.3 Å². The van der Waals surface area contributed by atoms with Crippen molar-refractivity contribution in [1.29, 1.82) is 0 Å². The Morgan fingerprint density at radius 2 is 1.71 bits per heavy atom. The number of carboxylic acid groups (broad SMARTS) is 1. The van der Waals surface area contributed by atoms with Crippen LogP contribution >= 0.6 is 24.4 Å². The Morgan fingerprint density at radius 1 is 1.14 bits per heavy atom. The minimum Gasteiger partial charge on any atom is -0.478 e. The Hall–Kier alpha value is -1.82. The molecule has 1 saturated heterocycles. The van der Waals surface area contributed by atoms with Gasteiger partial charge in [0.2, 0.25) is 0 Å². The van der Waals surface area contributed by atoms with Gasteiger partial charge in [0, 0.05) is 0 Å². The first-order valence-corrected chi connectivity index (χ1v) is 7.66. The van der Waals surface area contributed by atoms with E-state index in [2.05, 4.69) is 16.0 Å². The SMILES string of the molecule is O=C(O)c1cc(C2NC(=S)NC(=S)N2)cc(S(=O)(=O)O)c1. The molecule has 0 bridgehead atoms. The van der Waals surface area contributed by atoms with Crippen molar-refractivity contribution in [2.75, 3.05) is 0 Å². The molecule has 0 saturated carbocycles. The highest BCUT2D eigenvalue weighted by Crippen LogP contribution is 2.20. The molecule has 1 fully saturated rings. The first-order chi connectivity index (χ1) is 9.66. The van der Waals surface area contributed by atoms with Gasteiger partial charge in [0.15, 0.2) is 10.2 Å². The lowest BCUT2D eigenvalue weighted by molar-refractivity contribution is 0.0696. The molecule has 11 heteroatoms. The van der Waals surface area contributed by atoms with Crippen LogP contribution < -0.4 is 16.0 Å². The molecule has 0 spiro atoms. The summed E-state index contributed by atoms with van der Waals surface area (Å²) in [7, 11) is -4.55. The van der Waals surface area contributed by atoms with Gasteiger partial charge in [-0.2, -0.15) is 8.42 Å². The van der Waals surface area contributed by atoms with Crippen molar-refractivity contribution in [3.8, 4) is 0 Å². The van der Waals surface area contributed by atoms with E-state index in [-0.39, 0.29) is 21.4 Å². The normalized spacial score (nSPS) is 15.9. The third-order valence-electron chi connectivity index (χ3n) is 2.58. The molecule has 0 aromatic heterocycles. The van der Waals surface area contributed by atoms with E-state index in [1.807, 2.05) is 0 Å². The number of aromatic carboxylic acids is 1. The predicted octanol–water partition coefficient (Wildman–Crippen LogP) is -0.0177. The Kier molecular flexibility index (Phi) is 4.09. The zero-order chi connectivity index (χ0) is 15.8. The second-order valence-corrected chi connectivity index (χ2v) is 6.31. The highest BCUT2D eigenvalue weighted by molar-refractivity contribution is 7.85. The van der Waals surface area contributed by atoms with Gasteiger partial charge >= 0.3 is 5.97 Å². The Labute approximate surface area is 130 Å². The molecule has 0 atom stereocenters. The van der Waals surface area contributed by atoms with E-state index in [9.17, 15) is 13.2 Å². The summed E-state index contributed by atoms with van der Waals surface area (Å²) in [6, 6.07) is 3.24. The fourth-order valence-corrected chi connectivity index (χ4v) is 2.77. The van der Waals surface area contributed by atoms with E-state index in [0.29, 0.717) is 0 Å². The maximum absolute atomic E-state index is 11.2. The molecule has 0 radical (unpaired) electrons.